The van der Waals surface area contributed by atoms with Crippen LogP contribution in [-0.2, 0) is 14.3 Å². The molecule has 1 spiro atoms. The lowest BCUT2D eigenvalue weighted by Crippen LogP contribution is -2.61. The van der Waals surface area contributed by atoms with Crippen molar-refractivity contribution in [3.63, 3.8) is 0 Å². The third kappa shape index (κ3) is 6.88. The molecule has 3 rings (SSSR count). The first-order chi connectivity index (χ1) is 16.1. The van der Waals surface area contributed by atoms with Crippen LogP contribution in [0.5, 0.6) is 0 Å². The number of hydrogen-bond acceptors (Lipinski definition) is 6. The van der Waals surface area contributed by atoms with Crippen molar-refractivity contribution in [3.8, 4) is 6.07 Å². The van der Waals surface area contributed by atoms with Gasteiger partial charge in [-0.2, -0.15) is 5.26 Å². The quantitative estimate of drug-likeness (QED) is 0.382. The smallest absolute Gasteiger partial charge is 0.410 e. The fourth-order valence-electron chi connectivity index (χ4n) is 4.64. The molecule has 2 aliphatic heterocycles. The molecule has 1 unspecified atom stereocenters. The van der Waals surface area contributed by atoms with E-state index in [0.29, 0.717) is 13.0 Å². The van der Waals surface area contributed by atoms with E-state index in [0.717, 1.165) is 63.1 Å². The van der Waals surface area contributed by atoms with Gasteiger partial charge in [-0.3, -0.25) is 4.79 Å². The van der Waals surface area contributed by atoms with E-state index in [2.05, 4.69) is 30.0 Å². The van der Waals surface area contributed by atoms with Gasteiger partial charge in [-0.15, -0.1) is 0 Å². The Morgan fingerprint density at radius 1 is 1.15 bits per heavy atom. The molecule has 0 N–H and O–H groups in total. The van der Waals surface area contributed by atoms with E-state index in [1.165, 1.54) is 0 Å². The van der Waals surface area contributed by atoms with Gasteiger partial charge in [0.05, 0.1) is 18.6 Å². The predicted molar refractivity (Wildman–Crippen MR) is 132 cm³/mol. The summed E-state index contributed by atoms with van der Waals surface area (Å²) in [6.07, 6.45) is 4.37. The maximum atomic E-state index is 12.3. The molecule has 2 saturated heterocycles. The molecule has 0 aromatic heterocycles. The van der Waals surface area contributed by atoms with Gasteiger partial charge in [-0.05, 0) is 64.2 Å². The molecule has 1 atom stereocenters. The summed E-state index contributed by atoms with van der Waals surface area (Å²) >= 11 is 0. The number of carbonyl (C=O) groups is 2. The number of unbranched alkanes of at least 4 members (excludes halogenated alkanes) is 1. The molecule has 1 amide bonds. The number of likely N-dealkylation sites (tertiary alicyclic amines) is 1. The summed E-state index contributed by atoms with van der Waals surface area (Å²) in [6.45, 7) is 11.7. The minimum absolute atomic E-state index is 0.213. The van der Waals surface area contributed by atoms with Crippen LogP contribution in [0.15, 0.2) is 24.3 Å². The second-order valence-corrected chi connectivity index (χ2v) is 10.7. The minimum atomic E-state index is -0.464. The number of amides is 1. The number of anilines is 1. The summed E-state index contributed by atoms with van der Waals surface area (Å²) in [6, 6.07) is 10.5. The number of nitrogens with zero attached hydrogens (tertiary/aromatic N) is 3. The van der Waals surface area contributed by atoms with Gasteiger partial charge in [-0.25, -0.2) is 4.79 Å². The zero-order valence-corrected chi connectivity index (χ0v) is 21.1. The number of rotatable bonds is 8. The molecule has 0 bridgehead atoms. The topological polar surface area (TPSA) is 82.9 Å². The van der Waals surface area contributed by atoms with Gasteiger partial charge in [0.15, 0.2) is 0 Å². The Balaban J connectivity index is 1.45. The molecule has 2 fully saturated rings. The molecule has 7 heteroatoms. The normalized spacial score (nSPS) is 18.1. The van der Waals surface area contributed by atoms with Crippen LogP contribution in [0.3, 0.4) is 0 Å². The number of ether oxygens (including phenoxy) is 2. The zero-order chi connectivity index (χ0) is 24.8. The van der Waals surface area contributed by atoms with E-state index in [9.17, 15) is 14.9 Å². The molecule has 0 saturated carbocycles. The van der Waals surface area contributed by atoms with E-state index in [1.807, 2.05) is 37.8 Å². The monoisotopic (exact) mass is 469 g/mol. The van der Waals surface area contributed by atoms with Crippen LogP contribution in [0.1, 0.15) is 77.7 Å². The van der Waals surface area contributed by atoms with Crippen LogP contribution < -0.4 is 4.90 Å². The first kappa shape index (κ1) is 25.9. The highest BCUT2D eigenvalue weighted by molar-refractivity contribution is 5.69. The molecule has 2 aliphatic rings. The summed E-state index contributed by atoms with van der Waals surface area (Å²) < 4.78 is 10.7. The van der Waals surface area contributed by atoms with E-state index in [4.69, 9.17) is 9.47 Å². The molecular formula is C27H39N3O4. The highest BCUT2D eigenvalue weighted by atomic mass is 16.6. The molecular weight excluding hydrogens is 430 g/mol. The Labute approximate surface area is 204 Å². The molecule has 0 radical (unpaired) electrons. The first-order valence-corrected chi connectivity index (χ1v) is 12.5. The van der Waals surface area contributed by atoms with Crippen LogP contribution in [0.4, 0.5) is 10.5 Å². The van der Waals surface area contributed by atoms with Crippen LogP contribution in [0.25, 0.3) is 0 Å². The third-order valence-electron chi connectivity index (χ3n) is 6.74. The second kappa shape index (κ2) is 11.1. The van der Waals surface area contributed by atoms with Crippen molar-refractivity contribution in [2.75, 3.05) is 37.7 Å². The third-order valence-corrected chi connectivity index (χ3v) is 6.74. The van der Waals surface area contributed by atoms with Crippen molar-refractivity contribution in [2.24, 2.45) is 5.41 Å². The molecule has 1 aromatic carbocycles. The lowest BCUT2D eigenvalue weighted by Gasteiger charge is -2.55. The van der Waals surface area contributed by atoms with Crippen molar-refractivity contribution < 1.29 is 19.1 Å². The maximum Gasteiger partial charge on any atom is 0.410 e. The lowest BCUT2D eigenvalue weighted by atomic mass is 9.72. The van der Waals surface area contributed by atoms with Crippen LogP contribution in [0.2, 0.25) is 0 Å². The fraction of sp³-hybridized carbons (Fsp3) is 0.667. The van der Waals surface area contributed by atoms with E-state index in [-0.39, 0.29) is 29.8 Å². The highest BCUT2D eigenvalue weighted by Crippen LogP contribution is 2.43. The average Bonchev–Trinajstić information content (AvgIpc) is 2.77. The molecule has 1 aromatic rings. The van der Waals surface area contributed by atoms with Crippen molar-refractivity contribution >= 4 is 17.7 Å². The SMILES string of the molecule is CCCCOC(=O)CCC(C#N)c1ccc(N2CC3(CCN(C(=O)OC(C)(C)C)CC3)C2)cc1. The highest BCUT2D eigenvalue weighted by Gasteiger charge is 2.46. The molecule has 34 heavy (non-hydrogen) atoms. The Hall–Kier alpha value is -2.75. The number of carbonyl (C=O) groups excluding carboxylic acids is 2. The van der Waals surface area contributed by atoms with E-state index in [1.54, 1.807) is 0 Å². The van der Waals surface area contributed by atoms with Crippen molar-refractivity contribution in [2.45, 2.75) is 77.7 Å². The summed E-state index contributed by atoms with van der Waals surface area (Å²) in [4.78, 5) is 28.4. The first-order valence-electron chi connectivity index (χ1n) is 12.5. The second-order valence-electron chi connectivity index (χ2n) is 10.7. The molecule has 0 aliphatic carbocycles. The van der Waals surface area contributed by atoms with Crippen LogP contribution in [0, 0.1) is 16.7 Å². The molecule has 186 valence electrons. The summed E-state index contributed by atoms with van der Waals surface area (Å²) in [7, 11) is 0. The van der Waals surface area contributed by atoms with Gasteiger partial charge in [0, 0.05) is 43.7 Å². The van der Waals surface area contributed by atoms with Gasteiger partial charge < -0.3 is 19.3 Å². The Bertz CT molecular complexity index is 869. The summed E-state index contributed by atoms with van der Waals surface area (Å²) in [5, 5.41) is 9.58. The number of piperidine rings is 1. The minimum Gasteiger partial charge on any atom is -0.466 e. The zero-order valence-electron chi connectivity index (χ0n) is 21.1. The standard InChI is InChI=1S/C27H39N3O4/c1-5-6-17-33-24(31)12-9-22(18-28)21-7-10-23(11-8-21)30-19-27(20-30)13-15-29(16-14-27)25(32)34-26(2,3)4/h7-8,10-11,22H,5-6,9,12-17,19-20H2,1-4H3. The van der Waals surface area contributed by atoms with E-state index < -0.39 is 5.60 Å². The van der Waals surface area contributed by atoms with Gasteiger partial charge in [0.1, 0.15) is 5.60 Å². The van der Waals surface area contributed by atoms with Gasteiger partial charge >= 0.3 is 12.1 Å². The summed E-state index contributed by atoms with van der Waals surface area (Å²) in [5.41, 5.74) is 1.90. The summed E-state index contributed by atoms with van der Waals surface area (Å²) in [5.74, 6) is -0.540. The predicted octanol–water partition coefficient (Wildman–Crippen LogP) is 5.25. The van der Waals surface area contributed by atoms with Crippen LogP contribution >= 0.6 is 0 Å². The van der Waals surface area contributed by atoms with Crippen molar-refractivity contribution in [1.29, 1.82) is 5.26 Å². The molecule has 7 nitrogen and oxygen atoms in total. The average molecular weight is 470 g/mol. The number of benzene rings is 1. The van der Waals surface area contributed by atoms with Gasteiger partial charge in [-0.1, -0.05) is 25.5 Å². The Kier molecular flexibility index (Phi) is 8.46. The Morgan fingerprint density at radius 3 is 2.35 bits per heavy atom. The number of esters is 1. The maximum absolute atomic E-state index is 12.3. The Morgan fingerprint density at radius 2 is 1.79 bits per heavy atom. The van der Waals surface area contributed by atoms with Gasteiger partial charge in [0.2, 0.25) is 0 Å². The van der Waals surface area contributed by atoms with E-state index >= 15 is 0 Å². The van der Waals surface area contributed by atoms with Crippen molar-refractivity contribution in [1.82, 2.24) is 4.90 Å². The number of hydrogen-bond donors (Lipinski definition) is 0. The largest absolute Gasteiger partial charge is 0.466 e. The van der Waals surface area contributed by atoms with Gasteiger partial charge in [0.25, 0.3) is 0 Å². The number of nitriles is 1. The van der Waals surface area contributed by atoms with Crippen LogP contribution in [-0.4, -0.2) is 55.3 Å². The lowest BCUT2D eigenvalue weighted by molar-refractivity contribution is -0.143. The molecule has 2 heterocycles. The van der Waals surface area contributed by atoms with Crippen molar-refractivity contribution in [3.05, 3.63) is 29.8 Å². The fourth-order valence-corrected chi connectivity index (χ4v) is 4.64.